The minimum Gasteiger partial charge on any atom is -0.468 e. The zero-order valence-corrected chi connectivity index (χ0v) is 12.7. The molecule has 6 heteroatoms. The smallest absolute Gasteiger partial charge is 0.407 e. The van der Waals surface area contributed by atoms with Crippen LogP contribution in [0.1, 0.15) is 41.0 Å². The summed E-state index contributed by atoms with van der Waals surface area (Å²) in [5, 5.41) is 5.74. The van der Waals surface area contributed by atoms with Gasteiger partial charge in [-0.05, 0) is 34.1 Å². The van der Waals surface area contributed by atoms with Gasteiger partial charge in [0.05, 0.1) is 7.11 Å². The molecule has 0 saturated heterocycles. The number of methoxy groups -OCH3 is 1. The molecule has 0 radical (unpaired) electrons. The van der Waals surface area contributed by atoms with Crippen molar-refractivity contribution < 1.29 is 19.1 Å². The highest BCUT2D eigenvalue weighted by atomic mass is 16.6. The fraction of sp³-hybridized carbons (Fsp3) is 0.846. The first-order valence-corrected chi connectivity index (χ1v) is 6.50. The maximum atomic E-state index is 11.5. The van der Waals surface area contributed by atoms with Gasteiger partial charge in [0.2, 0.25) is 0 Å². The Balaban J connectivity index is 4.07. The molecule has 0 aromatic heterocycles. The minimum absolute atomic E-state index is 0.0587. The van der Waals surface area contributed by atoms with Gasteiger partial charge >= 0.3 is 12.1 Å². The highest BCUT2D eigenvalue weighted by molar-refractivity contribution is 5.75. The number of amides is 1. The quantitative estimate of drug-likeness (QED) is 0.717. The first-order valence-electron chi connectivity index (χ1n) is 6.50. The summed E-state index contributed by atoms with van der Waals surface area (Å²) >= 11 is 0. The van der Waals surface area contributed by atoms with Crippen LogP contribution in [0.25, 0.3) is 0 Å². The molecule has 0 saturated carbocycles. The van der Waals surface area contributed by atoms with Crippen molar-refractivity contribution in [2.45, 2.75) is 58.7 Å². The SMILES string of the molecule is CCC(NC(C)CNC(=O)OC(C)(C)C)C(=O)OC. The van der Waals surface area contributed by atoms with Crippen molar-refractivity contribution in [3.63, 3.8) is 0 Å². The fourth-order valence-electron chi connectivity index (χ4n) is 1.45. The number of hydrogen-bond acceptors (Lipinski definition) is 5. The Bertz CT molecular complexity index is 300. The second-order valence-electron chi connectivity index (χ2n) is 5.43. The standard InChI is InChI=1S/C13H26N2O4/c1-7-10(11(16)18-6)15-9(2)8-14-12(17)19-13(3,4)5/h9-10,15H,7-8H2,1-6H3,(H,14,17). The van der Waals surface area contributed by atoms with E-state index in [1.807, 2.05) is 13.8 Å². The summed E-state index contributed by atoms with van der Waals surface area (Å²) < 4.78 is 9.80. The van der Waals surface area contributed by atoms with Gasteiger partial charge in [0.25, 0.3) is 0 Å². The monoisotopic (exact) mass is 274 g/mol. The van der Waals surface area contributed by atoms with Crippen molar-refractivity contribution in [3.05, 3.63) is 0 Å². The average Bonchev–Trinajstić information content (AvgIpc) is 2.30. The molecular weight excluding hydrogens is 248 g/mol. The van der Waals surface area contributed by atoms with Crippen LogP contribution in [0.15, 0.2) is 0 Å². The van der Waals surface area contributed by atoms with Crippen molar-refractivity contribution in [1.29, 1.82) is 0 Å². The Kier molecular flexibility index (Phi) is 7.44. The molecule has 0 heterocycles. The van der Waals surface area contributed by atoms with Crippen LogP contribution >= 0.6 is 0 Å². The molecule has 112 valence electrons. The number of hydrogen-bond donors (Lipinski definition) is 2. The van der Waals surface area contributed by atoms with Crippen LogP contribution in [-0.2, 0) is 14.3 Å². The molecule has 19 heavy (non-hydrogen) atoms. The highest BCUT2D eigenvalue weighted by Crippen LogP contribution is 2.06. The predicted octanol–water partition coefficient (Wildman–Crippen LogP) is 1.44. The van der Waals surface area contributed by atoms with E-state index in [-0.39, 0.29) is 18.1 Å². The second-order valence-corrected chi connectivity index (χ2v) is 5.43. The Morgan fingerprint density at radius 1 is 1.26 bits per heavy atom. The Morgan fingerprint density at radius 2 is 1.84 bits per heavy atom. The van der Waals surface area contributed by atoms with Crippen LogP contribution in [0, 0.1) is 0 Å². The highest BCUT2D eigenvalue weighted by Gasteiger charge is 2.20. The molecular formula is C13H26N2O4. The van der Waals surface area contributed by atoms with E-state index in [0.29, 0.717) is 13.0 Å². The summed E-state index contributed by atoms with van der Waals surface area (Å²) in [6.07, 6.45) is 0.163. The normalized spacial score (nSPS) is 14.4. The molecule has 6 nitrogen and oxygen atoms in total. The van der Waals surface area contributed by atoms with Crippen LogP contribution in [0.5, 0.6) is 0 Å². The molecule has 0 aromatic carbocycles. The van der Waals surface area contributed by atoms with E-state index in [1.54, 1.807) is 20.8 Å². The van der Waals surface area contributed by atoms with Gasteiger partial charge in [0.15, 0.2) is 0 Å². The molecule has 0 aliphatic carbocycles. The Morgan fingerprint density at radius 3 is 2.26 bits per heavy atom. The predicted molar refractivity (Wildman–Crippen MR) is 72.9 cm³/mol. The molecule has 1 amide bonds. The lowest BCUT2D eigenvalue weighted by Gasteiger charge is -2.23. The number of carbonyl (C=O) groups is 2. The first-order chi connectivity index (χ1) is 8.69. The van der Waals surface area contributed by atoms with Crippen LogP contribution in [0.4, 0.5) is 4.79 Å². The molecule has 0 rings (SSSR count). The zero-order valence-electron chi connectivity index (χ0n) is 12.7. The van der Waals surface area contributed by atoms with Gasteiger partial charge in [-0.2, -0.15) is 0 Å². The van der Waals surface area contributed by atoms with Crippen molar-refractivity contribution in [2.24, 2.45) is 0 Å². The summed E-state index contributed by atoms with van der Waals surface area (Å²) in [6.45, 7) is 9.56. The van der Waals surface area contributed by atoms with Crippen LogP contribution in [0.2, 0.25) is 0 Å². The number of carbonyl (C=O) groups excluding carboxylic acids is 2. The van der Waals surface area contributed by atoms with Gasteiger partial charge in [0, 0.05) is 12.6 Å². The summed E-state index contributed by atoms with van der Waals surface area (Å²) in [5.41, 5.74) is -0.515. The van der Waals surface area contributed by atoms with E-state index in [9.17, 15) is 9.59 Å². The molecule has 0 aliphatic heterocycles. The number of alkyl carbamates (subject to hydrolysis) is 1. The van der Waals surface area contributed by atoms with Gasteiger partial charge in [-0.1, -0.05) is 6.92 Å². The molecule has 2 N–H and O–H groups in total. The molecule has 0 aromatic rings. The first kappa shape index (κ1) is 17.7. The summed E-state index contributed by atoms with van der Waals surface area (Å²) in [5.74, 6) is -0.299. The third-order valence-electron chi connectivity index (χ3n) is 2.33. The largest absolute Gasteiger partial charge is 0.468 e. The van der Waals surface area contributed by atoms with Crippen LogP contribution < -0.4 is 10.6 Å². The van der Waals surface area contributed by atoms with Gasteiger partial charge in [-0.3, -0.25) is 4.79 Å². The lowest BCUT2D eigenvalue weighted by Crippen LogP contribution is -2.47. The van der Waals surface area contributed by atoms with E-state index in [0.717, 1.165) is 0 Å². The lowest BCUT2D eigenvalue weighted by molar-refractivity contribution is -0.143. The Labute approximate surface area is 115 Å². The molecule has 0 bridgehead atoms. The fourth-order valence-corrected chi connectivity index (χ4v) is 1.45. The molecule has 0 spiro atoms. The van der Waals surface area contributed by atoms with Gasteiger partial charge in [-0.15, -0.1) is 0 Å². The van der Waals surface area contributed by atoms with Gasteiger partial charge < -0.3 is 20.1 Å². The van der Waals surface area contributed by atoms with E-state index in [1.165, 1.54) is 7.11 Å². The second kappa shape index (κ2) is 7.99. The van der Waals surface area contributed by atoms with Crippen molar-refractivity contribution in [1.82, 2.24) is 10.6 Å². The van der Waals surface area contributed by atoms with Crippen molar-refractivity contribution in [3.8, 4) is 0 Å². The molecule has 0 fully saturated rings. The number of rotatable bonds is 6. The Hall–Kier alpha value is -1.30. The molecule has 2 unspecified atom stereocenters. The molecule has 2 atom stereocenters. The van der Waals surface area contributed by atoms with Crippen molar-refractivity contribution >= 4 is 12.1 Å². The number of nitrogens with one attached hydrogen (secondary N) is 2. The number of ether oxygens (including phenoxy) is 2. The van der Waals surface area contributed by atoms with Crippen LogP contribution in [-0.4, -0.2) is 43.4 Å². The van der Waals surface area contributed by atoms with E-state index < -0.39 is 11.7 Å². The third-order valence-corrected chi connectivity index (χ3v) is 2.33. The minimum atomic E-state index is -0.515. The van der Waals surface area contributed by atoms with Crippen molar-refractivity contribution in [2.75, 3.05) is 13.7 Å². The summed E-state index contributed by atoms with van der Waals surface area (Å²) in [7, 11) is 1.36. The van der Waals surface area contributed by atoms with Gasteiger partial charge in [-0.25, -0.2) is 4.79 Å². The topological polar surface area (TPSA) is 76.7 Å². The maximum Gasteiger partial charge on any atom is 0.407 e. The molecule has 0 aliphatic rings. The van der Waals surface area contributed by atoms with Gasteiger partial charge in [0.1, 0.15) is 11.6 Å². The van der Waals surface area contributed by atoms with E-state index in [2.05, 4.69) is 15.4 Å². The maximum absolute atomic E-state index is 11.5. The lowest BCUT2D eigenvalue weighted by atomic mass is 10.2. The average molecular weight is 274 g/mol. The zero-order chi connectivity index (χ0) is 15.1. The number of esters is 1. The summed E-state index contributed by atoms with van der Waals surface area (Å²) in [4.78, 5) is 22.9. The van der Waals surface area contributed by atoms with E-state index in [4.69, 9.17) is 4.74 Å². The third kappa shape index (κ3) is 8.42. The van der Waals surface area contributed by atoms with E-state index >= 15 is 0 Å². The summed E-state index contributed by atoms with van der Waals surface area (Å²) in [6, 6.07) is -0.419. The van der Waals surface area contributed by atoms with Crippen LogP contribution in [0.3, 0.4) is 0 Å².